The van der Waals surface area contributed by atoms with Gasteiger partial charge in [-0.15, -0.1) is 0 Å². The molecule has 0 aliphatic rings. The first-order valence-corrected chi connectivity index (χ1v) is 5.11. The predicted octanol–water partition coefficient (Wildman–Crippen LogP) is 0.159. The van der Waals surface area contributed by atoms with Crippen molar-refractivity contribution in [3.05, 3.63) is 11.8 Å². The molecule has 0 spiro atoms. The van der Waals surface area contributed by atoms with Gasteiger partial charge in [0.2, 0.25) is 5.91 Å². The maximum absolute atomic E-state index is 11.4. The van der Waals surface area contributed by atoms with E-state index in [1.54, 1.807) is 17.9 Å². The average molecular weight is 227 g/mol. The molecule has 0 saturated carbocycles. The maximum atomic E-state index is 11.4. The zero-order valence-corrected chi connectivity index (χ0v) is 9.56. The number of aliphatic hydroxyl groups is 1. The van der Waals surface area contributed by atoms with E-state index in [2.05, 4.69) is 10.4 Å². The Morgan fingerprint density at radius 3 is 3.06 bits per heavy atom. The van der Waals surface area contributed by atoms with Crippen LogP contribution in [0.2, 0.25) is 0 Å². The van der Waals surface area contributed by atoms with Crippen LogP contribution < -0.4 is 5.32 Å². The van der Waals surface area contributed by atoms with Crippen molar-refractivity contribution in [2.75, 3.05) is 25.6 Å². The largest absolute Gasteiger partial charge is 0.394 e. The summed E-state index contributed by atoms with van der Waals surface area (Å²) in [7, 11) is 1.55. The third-order valence-electron chi connectivity index (χ3n) is 2.01. The molecule has 1 amide bonds. The second kappa shape index (κ2) is 6.24. The highest BCUT2D eigenvalue weighted by molar-refractivity contribution is 5.89. The number of hydrogen-bond acceptors (Lipinski definition) is 4. The van der Waals surface area contributed by atoms with E-state index >= 15 is 0 Å². The number of aryl methyl sites for hydroxylation is 1. The molecule has 6 nitrogen and oxygen atoms in total. The lowest BCUT2D eigenvalue weighted by Gasteiger charge is -2.07. The maximum Gasteiger partial charge on any atom is 0.227 e. The topological polar surface area (TPSA) is 76.4 Å². The van der Waals surface area contributed by atoms with Crippen LogP contribution in [0.25, 0.3) is 0 Å². The van der Waals surface area contributed by atoms with Crippen molar-refractivity contribution >= 4 is 11.7 Å². The Morgan fingerprint density at radius 1 is 1.69 bits per heavy atom. The van der Waals surface area contributed by atoms with Crippen molar-refractivity contribution in [1.82, 2.24) is 9.78 Å². The lowest BCUT2D eigenvalue weighted by atomic mass is 10.4. The van der Waals surface area contributed by atoms with Crippen molar-refractivity contribution in [2.45, 2.75) is 19.9 Å². The van der Waals surface area contributed by atoms with Gasteiger partial charge in [-0.25, -0.2) is 4.68 Å². The third kappa shape index (κ3) is 3.63. The number of ether oxygens (including phenoxy) is 1. The van der Waals surface area contributed by atoms with E-state index in [-0.39, 0.29) is 12.5 Å². The molecule has 0 fully saturated rings. The molecule has 90 valence electrons. The molecule has 1 aromatic rings. The van der Waals surface area contributed by atoms with Gasteiger partial charge in [-0.2, -0.15) is 5.10 Å². The van der Waals surface area contributed by atoms with Crippen molar-refractivity contribution in [1.29, 1.82) is 0 Å². The molecule has 1 rings (SSSR count). The number of rotatable bonds is 6. The van der Waals surface area contributed by atoms with Crippen LogP contribution >= 0.6 is 0 Å². The Kier molecular flexibility index (Phi) is 4.94. The first kappa shape index (κ1) is 12.7. The minimum Gasteiger partial charge on any atom is -0.394 e. The third-order valence-corrected chi connectivity index (χ3v) is 2.01. The van der Waals surface area contributed by atoms with Crippen LogP contribution in [0.4, 0.5) is 5.82 Å². The normalized spacial score (nSPS) is 10.4. The number of carbonyl (C=O) groups is 1. The summed E-state index contributed by atoms with van der Waals surface area (Å²) in [6.45, 7) is 2.58. The van der Waals surface area contributed by atoms with E-state index in [1.165, 1.54) is 0 Å². The highest BCUT2D eigenvalue weighted by Gasteiger charge is 2.08. The molecule has 0 bridgehead atoms. The van der Waals surface area contributed by atoms with Crippen molar-refractivity contribution in [3.8, 4) is 0 Å². The van der Waals surface area contributed by atoms with E-state index in [0.717, 1.165) is 5.69 Å². The van der Waals surface area contributed by atoms with Gasteiger partial charge in [0, 0.05) is 13.2 Å². The second-order valence-electron chi connectivity index (χ2n) is 3.41. The Balaban J connectivity index is 2.61. The Hall–Kier alpha value is -1.40. The van der Waals surface area contributed by atoms with Crippen LogP contribution in [0, 0.1) is 6.92 Å². The number of nitrogens with zero attached hydrogens (tertiary/aromatic N) is 2. The lowest BCUT2D eigenvalue weighted by molar-refractivity contribution is -0.117. The van der Waals surface area contributed by atoms with E-state index < -0.39 is 0 Å². The summed E-state index contributed by atoms with van der Waals surface area (Å²) in [4.78, 5) is 11.4. The highest BCUT2D eigenvalue weighted by atomic mass is 16.5. The van der Waals surface area contributed by atoms with E-state index in [4.69, 9.17) is 9.84 Å². The number of anilines is 1. The summed E-state index contributed by atoms with van der Waals surface area (Å²) in [5, 5.41) is 15.7. The first-order chi connectivity index (χ1) is 7.67. The molecule has 6 heteroatoms. The van der Waals surface area contributed by atoms with Gasteiger partial charge in [-0.3, -0.25) is 4.79 Å². The van der Waals surface area contributed by atoms with Gasteiger partial charge < -0.3 is 15.2 Å². The van der Waals surface area contributed by atoms with Crippen LogP contribution in [0.5, 0.6) is 0 Å². The van der Waals surface area contributed by atoms with Crippen LogP contribution in [0.1, 0.15) is 12.1 Å². The fourth-order valence-corrected chi connectivity index (χ4v) is 1.31. The summed E-state index contributed by atoms with van der Waals surface area (Å²) >= 11 is 0. The van der Waals surface area contributed by atoms with Gasteiger partial charge in [0.1, 0.15) is 5.82 Å². The number of amides is 1. The smallest absolute Gasteiger partial charge is 0.227 e. The Bertz CT molecular complexity index is 349. The molecular weight excluding hydrogens is 210 g/mol. The molecular formula is C10H17N3O3. The van der Waals surface area contributed by atoms with E-state index in [0.29, 0.717) is 25.4 Å². The minimum absolute atomic E-state index is 0.0118. The number of hydrogen-bond donors (Lipinski definition) is 2. The molecule has 0 aliphatic heterocycles. The highest BCUT2D eigenvalue weighted by Crippen LogP contribution is 2.10. The number of nitrogens with one attached hydrogen (secondary N) is 1. The van der Waals surface area contributed by atoms with Crippen LogP contribution in [0.3, 0.4) is 0 Å². The molecule has 0 aliphatic carbocycles. The molecule has 0 radical (unpaired) electrons. The summed E-state index contributed by atoms with van der Waals surface area (Å²) in [6, 6.07) is 1.76. The molecule has 0 atom stereocenters. The Morgan fingerprint density at radius 2 is 2.44 bits per heavy atom. The van der Waals surface area contributed by atoms with Gasteiger partial charge in [-0.05, 0) is 6.92 Å². The summed E-state index contributed by atoms with van der Waals surface area (Å²) in [6.07, 6.45) is 0.305. The fourth-order valence-electron chi connectivity index (χ4n) is 1.31. The number of aromatic nitrogens is 2. The number of methoxy groups -OCH3 is 1. The zero-order chi connectivity index (χ0) is 12.0. The SMILES string of the molecule is COCCC(=O)Nc1cc(C)nn1CCO. The van der Waals surface area contributed by atoms with Gasteiger partial charge in [-0.1, -0.05) is 0 Å². The molecule has 16 heavy (non-hydrogen) atoms. The predicted molar refractivity (Wildman–Crippen MR) is 59.2 cm³/mol. The summed E-state index contributed by atoms with van der Waals surface area (Å²) < 4.78 is 6.38. The van der Waals surface area contributed by atoms with Gasteiger partial charge in [0.15, 0.2) is 0 Å². The monoisotopic (exact) mass is 227 g/mol. The summed E-state index contributed by atoms with van der Waals surface area (Å²) in [5.74, 6) is 0.480. The number of aliphatic hydroxyl groups excluding tert-OH is 1. The van der Waals surface area contributed by atoms with E-state index in [9.17, 15) is 4.79 Å². The molecule has 0 saturated heterocycles. The molecule has 0 aromatic carbocycles. The Labute approximate surface area is 94.2 Å². The van der Waals surface area contributed by atoms with Crippen LogP contribution in [-0.4, -0.2) is 41.1 Å². The van der Waals surface area contributed by atoms with Gasteiger partial charge >= 0.3 is 0 Å². The van der Waals surface area contributed by atoms with Gasteiger partial charge in [0.25, 0.3) is 0 Å². The zero-order valence-electron chi connectivity index (χ0n) is 9.56. The summed E-state index contributed by atoms with van der Waals surface area (Å²) in [5.41, 5.74) is 0.801. The van der Waals surface area contributed by atoms with Crippen molar-refractivity contribution in [2.24, 2.45) is 0 Å². The molecule has 1 heterocycles. The van der Waals surface area contributed by atoms with Crippen molar-refractivity contribution in [3.63, 3.8) is 0 Å². The standard InChI is InChI=1S/C10H17N3O3/c1-8-7-9(13(12-8)4-5-14)11-10(15)3-6-16-2/h7,14H,3-6H2,1-2H3,(H,11,15). The molecule has 1 aromatic heterocycles. The van der Waals surface area contributed by atoms with Gasteiger partial charge in [0.05, 0.1) is 31.9 Å². The minimum atomic E-state index is -0.124. The van der Waals surface area contributed by atoms with Crippen molar-refractivity contribution < 1.29 is 14.6 Å². The quantitative estimate of drug-likeness (QED) is 0.725. The first-order valence-electron chi connectivity index (χ1n) is 5.11. The van der Waals surface area contributed by atoms with Crippen LogP contribution in [0.15, 0.2) is 6.07 Å². The molecule has 2 N–H and O–H groups in total. The van der Waals surface area contributed by atoms with Crippen LogP contribution in [-0.2, 0) is 16.1 Å². The second-order valence-corrected chi connectivity index (χ2v) is 3.41. The van der Waals surface area contributed by atoms with E-state index in [1.807, 2.05) is 6.92 Å². The average Bonchev–Trinajstić information content (AvgIpc) is 2.56. The number of carbonyl (C=O) groups excluding carboxylic acids is 1. The molecule has 0 unspecified atom stereocenters. The fraction of sp³-hybridized carbons (Fsp3) is 0.600. The lowest BCUT2D eigenvalue weighted by Crippen LogP contribution is -2.17.